The van der Waals surface area contributed by atoms with E-state index in [0.717, 1.165) is 24.3 Å². The van der Waals surface area contributed by atoms with Crippen LogP contribution < -0.4 is 15.8 Å². The Morgan fingerprint density at radius 3 is 2.31 bits per heavy atom. The van der Waals surface area contributed by atoms with Gasteiger partial charge in [0.15, 0.2) is 17.5 Å². The van der Waals surface area contributed by atoms with Crippen molar-refractivity contribution in [1.29, 1.82) is 0 Å². The predicted octanol–water partition coefficient (Wildman–Crippen LogP) is 4.66. The van der Waals surface area contributed by atoms with Crippen molar-refractivity contribution in [2.24, 2.45) is 5.73 Å². The second kappa shape index (κ2) is 9.94. The van der Waals surface area contributed by atoms with Crippen molar-refractivity contribution in [3.63, 3.8) is 0 Å². The summed E-state index contributed by atoms with van der Waals surface area (Å²) < 4.78 is 75.2. The Kier molecular flexibility index (Phi) is 6.93. The molecule has 0 radical (unpaired) electrons. The van der Waals surface area contributed by atoms with Crippen LogP contribution in [-0.4, -0.2) is 22.1 Å². The number of aromatic nitrogens is 2. The Labute approximate surface area is 202 Å². The van der Waals surface area contributed by atoms with Gasteiger partial charge >= 0.3 is 0 Å². The Hall–Kier alpha value is -3.99. The maximum absolute atomic E-state index is 14.0. The van der Waals surface area contributed by atoms with Gasteiger partial charge in [0.2, 0.25) is 5.88 Å². The average Bonchev–Trinajstić information content (AvgIpc) is 3.15. The zero-order valence-corrected chi connectivity index (χ0v) is 19.2. The lowest BCUT2D eigenvalue weighted by Gasteiger charge is -2.14. The summed E-state index contributed by atoms with van der Waals surface area (Å²) >= 11 is 0. The molecule has 3 N–H and O–H groups in total. The molecule has 0 bridgehead atoms. The SMILES string of the molecule is Cc1cc(OCc2c(F)cccc2F)n2nc(C)c(C(=O)NCC(N)c3cc(F)c(F)c(F)c3)c2c1. The van der Waals surface area contributed by atoms with Crippen molar-refractivity contribution in [3.05, 3.63) is 99.5 Å². The van der Waals surface area contributed by atoms with Crippen LogP contribution in [0.3, 0.4) is 0 Å². The number of pyridine rings is 1. The van der Waals surface area contributed by atoms with E-state index in [1.54, 1.807) is 26.0 Å². The van der Waals surface area contributed by atoms with Crippen molar-refractivity contribution >= 4 is 11.4 Å². The summed E-state index contributed by atoms with van der Waals surface area (Å²) in [5.74, 6) is -6.31. The molecule has 0 fully saturated rings. The molecule has 2 heterocycles. The lowest BCUT2D eigenvalue weighted by atomic mass is 10.1. The highest BCUT2D eigenvalue weighted by molar-refractivity contribution is 6.02. The minimum Gasteiger partial charge on any atom is -0.473 e. The van der Waals surface area contributed by atoms with Gasteiger partial charge in [-0.3, -0.25) is 4.79 Å². The molecule has 0 aliphatic rings. The lowest BCUT2D eigenvalue weighted by molar-refractivity contribution is 0.0952. The molecule has 4 rings (SSSR count). The first-order valence-corrected chi connectivity index (χ1v) is 10.8. The van der Waals surface area contributed by atoms with Crippen molar-refractivity contribution in [2.75, 3.05) is 6.54 Å². The first-order chi connectivity index (χ1) is 17.1. The Balaban J connectivity index is 1.57. The number of hydrogen-bond acceptors (Lipinski definition) is 4. The number of halogens is 5. The van der Waals surface area contributed by atoms with E-state index in [1.807, 2.05) is 0 Å². The molecule has 11 heteroatoms. The van der Waals surface area contributed by atoms with E-state index >= 15 is 0 Å². The summed E-state index contributed by atoms with van der Waals surface area (Å²) in [5.41, 5.74) is 7.21. The average molecular weight is 504 g/mol. The molecular weight excluding hydrogens is 483 g/mol. The van der Waals surface area contributed by atoms with Gasteiger partial charge in [-0.05, 0) is 55.3 Å². The summed E-state index contributed by atoms with van der Waals surface area (Å²) in [6, 6.07) is 7.28. The maximum atomic E-state index is 14.0. The minimum atomic E-state index is -1.61. The van der Waals surface area contributed by atoms with Gasteiger partial charge in [-0.15, -0.1) is 0 Å². The molecule has 0 aliphatic carbocycles. The number of carbonyl (C=O) groups is 1. The summed E-state index contributed by atoms with van der Waals surface area (Å²) in [4.78, 5) is 13.0. The number of nitrogens with zero attached hydrogens (tertiary/aromatic N) is 2. The molecule has 0 saturated carbocycles. The van der Waals surface area contributed by atoms with Crippen LogP contribution in [0.5, 0.6) is 5.88 Å². The quantitative estimate of drug-likeness (QED) is 0.284. The fraction of sp³-hybridized carbons (Fsp3) is 0.200. The number of nitrogens with two attached hydrogens (primary N) is 1. The van der Waals surface area contributed by atoms with E-state index in [1.165, 1.54) is 10.6 Å². The zero-order chi connectivity index (χ0) is 26.1. The molecule has 6 nitrogen and oxygen atoms in total. The van der Waals surface area contributed by atoms with Gasteiger partial charge in [-0.25, -0.2) is 22.0 Å². The van der Waals surface area contributed by atoms with Gasteiger partial charge < -0.3 is 15.8 Å². The Morgan fingerprint density at radius 2 is 1.67 bits per heavy atom. The zero-order valence-electron chi connectivity index (χ0n) is 19.2. The molecular formula is C25H21F5N4O2. The van der Waals surface area contributed by atoms with Crippen LogP contribution in [0.15, 0.2) is 42.5 Å². The smallest absolute Gasteiger partial charge is 0.255 e. The number of rotatable bonds is 7. The van der Waals surface area contributed by atoms with Crippen molar-refractivity contribution in [2.45, 2.75) is 26.5 Å². The summed E-state index contributed by atoms with van der Waals surface area (Å²) in [7, 11) is 0. The van der Waals surface area contributed by atoms with E-state index in [4.69, 9.17) is 10.5 Å². The van der Waals surface area contributed by atoms with E-state index in [2.05, 4.69) is 10.4 Å². The molecule has 0 aliphatic heterocycles. The first-order valence-electron chi connectivity index (χ1n) is 10.8. The number of carbonyl (C=O) groups excluding carboxylic acids is 1. The highest BCUT2D eigenvalue weighted by Gasteiger charge is 2.22. The van der Waals surface area contributed by atoms with Crippen LogP contribution in [0.25, 0.3) is 5.52 Å². The van der Waals surface area contributed by atoms with Gasteiger partial charge in [-0.1, -0.05) is 6.07 Å². The highest BCUT2D eigenvalue weighted by atomic mass is 19.2. The van der Waals surface area contributed by atoms with E-state index in [9.17, 15) is 26.7 Å². The van der Waals surface area contributed by atoms with E-state index < -0.39 is 47.6 Å². The molecule has 0 spiro atoms. The Bertz CT molecular complexity index is 1430. The molecule has 1 unspecified atom stereocenters. The van der Waals surface area contributed by atoms with Crippen LogP contribution in [0.1, 0.15) is 38.8 Å². The molecule has 2 aromatic carbocycles. The molecule has 36 heavy (non-hydrogen) atoms. The second-order valence-corrected chi connectivity index (χ2v) is 8.23. The van der Waals surface area contributed by atoms with Crippen molar-refractivity contribution < 1.29 is 31.5 Å². The normalized spacial score (nSPS) is 12.1. The van der Waals surface area contributed by atoms with Crippen LogP contribution in [-0.2, 0) is 6.61 Å². The van der Waals surface area contributed by atoms with Crippen molar-refractivity contribution in [3.8, 4) is 5.88 Å². The predicted molar refractivity (Wildman–Crippen MR) is 121 cm³/mol. The standard InChI is InChI=1S/C25H21F5N4O2/c1-12-6-21-23(25(35)32-10-20(31)14-8-18(28)24(30)19(29)9-14)13(2)33-34(21)22(7-12)36-11-15-16(26)4-3-5-17(15)27/h3-9,20H,10-11,31H2,1-2H3,(H,32,35). The largest absolute Gasteiger partial charge is 0.473 e. The van der Waals surface area contributed by atoms with E-state index in [-0.39, 0.29) is 29.1 Å². The van der Waals surface area contributed by atoms with Crippen LogP contribution in [0.4, 0.5) is 22.0 Å². The third-order valence-electron chi connectivity index (χ3n) is 5.59. The number of ether oxygens (including phenoxy) is 1. The van der Waals surface area contributed by atoms with Gasteiger partial charge in [0.1, 0.15) is 18.2 Å². The van der Waals surface area contributed by atoms with Crippen LogP contribution in [0.2, 0.25) is 0 Å². The molecule has 1 amide bonds. The van der Waals surface area contributed by atoms with Gasteiger partial charge in [0.25, 0.3) is 5.91 Å². The summed E-state index contributed by atoms with van der Waals surface area (Å²) in [5, 5.41) is 6.91. The van der Waals surface area contributed by atoms with Crippen LogP contribution in [0, 0.1) is 42.9 Å². The molecule has 1 atom stereocenters. The number of hydrogen-bond donors (Lipinski definition) is 2. The first kappa shape index (κ1) is 25.1. The van der Waals surface area contributed by atoms with Gasteiger partial charge in [0.05, 0.1) is 22.3 Å². The third-order valence-corrected chi connectivity index (χ3v) is 5.59. The van der Waals surface area contributed by atoms with E-state index in [0.29, 0.717) is 16.8 Å². The number of fused-ring (bicyclic) bond motifs is 1. The third kappa shape index (κ3) is 4.87. The summed E-state index contributed by atoms with van der Waals surface area (Å²) in [6.45, 7) is 2.72. The minimum absolute atomic E-state index is 0.0322. The Morgan fingerprint density at radius 1 is 1.03 bits per heavy atom. The molecule has 4 aromatic rings. The molecule has 188 valence electrons. The van der Waals surface area contributed by atoms with Gasteiger partial charge in [-0.2, -0.15) is 9.61 Å². The fourth-order valence-corrected chi connectivity index (χ4v) is 3.76. The number of nitrogens with one attached hydrogen (secondary N) is 1. The number of aryl methyl sites for hydroxylation is 2. The summed E-state index contributed by atoms with van der Waals surface area (Å²) in [6.07, 6.45) is 0. The lowest BCUT2D eigenvalue weighted by Crippen LogP contribution is -2.32. The van der Waals surface area contributed by atoms with Crippen molar-refractivity contribution in [1.82, 2.24) is 14.9 Å². The monoisotopic (exact) mass is 504 g/mol. The number of benzene rings is 2. The topological polar surface area (TPSA) is 81.7 Å². The van der Waals surface area contributed by atoms with Crippen LogP contribution >= 0.6 is 0 Å². The maximum Gasteiger partial charge on any atom is 0.255 e. The number of amides is 1. The fourth-order valence-electron chi connectivity index (χ4n) is 3.76. The van der Waals surface area contributed by atoms with Gasteiger partial charge in [0, 0.05) is 18.7 Å². The molecule has 0 saturated heterocycles. The second-order valence-electron chi connectivity index (χ2n) is 8.23. The molecule has 2 aromatic heterocycles. The highest BCUT2D eigenvalue weighted by Crippen LogP contribution is 2.25.